The highest BCUT2D eigenvalue weighted by molar-refractivity contribution is 8.00. The van der Waals surface area contributed by atoms with E-state index in [1.54, 1.807) is 36.3 Å². The van der Waals surface area contributed by atoms with Gasteiger partial charge in [0.25, 0.3) is 0 Å². The predicted octanol–water partition coefficient (Wildman–Crippen LogP) is 3.85. The number of hydrogen-bond donors (Lipinski definition) is 1. The molecule has 0 saturated carbocycles. The summed E-state index contributed by atoms with van der Waals surface area (Å²) in [6, 6.07) is 5.61. The van der Waals surface area contributed by atoms with Crippen molar-refractivity contribution in [3.63, 3.8) is 0 Å². The van der Waals surface area contributed by atoms with Gasteiger partial charge in [-0.2, -0.15) is 0 Å². The molecule has 0 aliphatic rings. The lowest BCUT2D eigenvalue weighted by atomic mass is 10.1. The molecule has 0 aliphatic carbocycles. The molecule has 110 valence electrons. The first kappa shape index (κ1) is 15.6. The van der Waals surface area contributed by atoms with Crippen molar-refractivity contribution in [3.8, 4) is 5.75 Å². The average molecular weight is 321 g/mol. The number of carbonyl (C=O) groups is 1. The summed E-state index contributed by atoms with van der Waals surface area (Å²) < 4.78 is 6.23. The van der Waals surface area contributed by atoms with E-state index < -0.39 is 5.97 Å². The summed E-state index contributed by atoms with van der Waals surface area (Å²) in [7, 11) is 1.61. The molecule has 0 amide bonds. The smallest absolute Gasteiger partial charge is 0.328 e. The highest BCUT2D eigenvalue weighted by Crippen LogP contribution is 2.29. The second-order valence-electron chi connectivity index (χ2n) is 4.28. The number of hydrogen-bond acceptors (Lipinski definition) is 5. The Morgan fingerprint density at radius 3 is 2.95 bits per heavy atom. The topological polar surface area (TPSA) is 59.4 Å². The second kappa shape index (κ2) is 7.28. The molecule has 2 rings (SSSR count). The fraction of sp³-hybridized carbons (Fsp3) is 0.200. The number of thiazole rings is 1. The molecule has 0 spiro atoms. The number of aromatic nitrogens is 1. The molecule has 0 bridgehead atoms. The Labute approximate surface area is 131 Å². The van der Waals surface area contributed by atoms with Crippen LogP contribution >= 0.6 is 23.1 Å². The van der Waals surface area contributed by atoms with E-state index in [9.17, 15) is 4.79 Å². The Morgan fingerprint density at radius 2 is 2.33 bits per heavy atom. The fourth-order valence-corrected chi connectivity index (χ4v) is 3.55. The summed E-state index contributed by atoms with van der Waals surface area (Å²) in [5, 5.41) is 10.8. The van der Waals surface area contributed by atoms with Crippen LogP contribution in [-0.4, -0.2) is 23.2 Å². The number of carboxylic acid groups (broad SMARTS) is 1. The van der Waals surface area contributed by atoms with E-state index >= 15 is 0 Å². The first-order chi connectivity index (χ1) is 10.1. The number of thioether (sulfide) groups is 1. The second-order valence-corrected chi connectivity index (χ2v) is 6.36. The van der Waals surface area contributed by atoms with E-state index in [1.807, 2.05) is 30.5 Å². The molecule has 4 nitrogen and oxygen atoms in total. The van der Waals surface area contributed by atoms with Gasteiger partial charge in [0.05, 0.1) is 7.11 Å². The van der Waals surface area contributed by atoms with Gasteiger partial charge in [-0.15, -0.1) is 11.3 Å². The minimum Gasteiger partial charge on any atom is -0.497 e. The normalized spacial score (nSPS) is 11.0. The third-order valence-corrected chi connectivity index (χ3v) is 4.89. The van der Waals surface area contributed by atoms with Crippen molar-refractivity contribution in [2.75, 3.05) is 7.11 Å². The number of benzene rings is 1. The maximum atomic E-state index is 10.7. The zero-order valence-corrected chi connectivity index (χ0v) is 13.3. The number of carboxylic acids is 1. The molecule has 0 radical (unpaired) electrons. The monoisotopic (exact) mass is 321 g/mol. The number of nitrogens with zero attached hydrogens (tertiary/aromatic N) is 1. The summed E-state index contributed by atoms with van der Waals surface area (Å²) in [6.07, 6.45) is 2.74. The van der Waals surface area contributed by atoms with Crippen molar-refractivity contribution in [1.29, 1.82) is 0 Å². The van der Waals surface area contributed by atoms with Gasteiger partial charge in [0.15, 0.2) is 0 Å². The SMILES string of the molecule is COc1ccc(C=CC(=O)O)c(CSc2nc(C)cs2)c1. The number of ether oxygens (including phenoxy) is 1. The van der Waals surface area contributed by atoms with E-state index in [0.29, 0.717) is 5.75 Å². The van der Waals surface area contributed by atoms with Gasteiger partial charge in [0, 0.05) is 22.9 Å². The van der Waals surface area contributed by atoms with Crippen LogP contribution in [0.2, 0.25) is 0 Å². The molecule has 0 fully saturated rings. The van der Waals surface area contributed by atoms with E-state index in [-0.39, 0.29) is 0 Å². The van der Waals surface area contributed by atoms with Crippen molar-refractivity contribution in [1.82, 2.24) is 4.98 Å². The Kier molecular flexibility index (Phi) is 5.41. The summed E-state index contributed by atoms with van der Waals surface area (Å²) in [5.74, 6) is 0.511. The van der Waals surface area contributed by atoms with Crippen LogP contribution in [0.3, 0.4) is 0 Å². The van der Waals surface area contributed by atoms with E-state index in [0.717, 1.165) is 33.0 Å². The number of methoxy groups -OCH3 is 1. The zero-order chi connectivity index (χ0) is 15.2. The third kappa shape index (κ3) is 4.61. The number of rotatable bonds is 6. The van der Waals surface area contributed by atoms with Crippen LogP contribution in [0.25, 0.3) is 6.08 Å². The highest BCUT2D eigenvalue weighted by atomic mass is 32.2. The van der Waals surface area contributed by atoms with Crippen LogP contribution in [0.15, 0.2) is 34.0 Å². The van der Waals surface area contributed by atoms with Gasteiger partial charge in [-0.05, 0) is 36.3 Å². The molecule has 0 aliphatic heterocycles. The maximum Gasteiger partial charge on any atom is 0.328 e. The van der Waals surface area contributed by atoms with Crippen molar-refractivity contribution in [2.24, 2.45) is 0 Å². The quantitative estimate of drug-likeness (QED) is 0.647. The van der Waals surface area contributed by atoms with Gasteiger partial charge < -0.3 is 9.84 Å². The third-order valence-electron chi connectivity index (χ3n) is 2.70. The lowest BCUT2D eigenvalue weighted by molar-refractivity contribution is -0.131. The minimum absolute atomic E-state index is 0.712. The summed E-state index contributed by atoms with van der Waals surface area (Å²) in [6.45, 7) is 1.97. The Morgan fingerprint density at radius 1 is 1.52 bits per heavy atom. The lowest BCUT2D eigenvalue weighted by Crippen LogP contribution is -1.92. The van der Waals surface area contributed by atoms with Gasteiger partial charge >= 0.3 is 5.97 Å². The van der Waals surface area contributed by atoms with E-state index in [1.165, 1.54) is 0 Å². The molecule has 2 aromatic rings. The molecule has 1 heterocycles. The molecule has 1 N–H and O–H groups in total. The van der Waals surface area contributed by atoms with Crippen molar-refractivity contribution in [3.05, 3.63) is 46.5 Å². The first-order valence-corrected chi connectivity index (χ1v) is 8.08. The molecular weight excluding hydrogens is 306 g/mol. The zero-order valence-electron chi connectivity index (χ0n) is 11.7. The molecule has 1 aromatic heterocycles. The average Bonchev–Trinajstić information content (AvgIpc) is 2.88. The predicted molar refractivity (Wildman–Crippen MR) is 86.1 cm³/mol. The van der Waals surface area contributed by atoms with Crippen LogP contribution < -0.4 is 4.74 Å². The van der Waals surface area contributed by atoms with Crippen molar-refractivity contribution in [2.45, 2.75) is 17.0 Å². The fourth-order valence-electron chi connectivity index (χ4n) is 1.70. The number of aliphatic carboxylic acids is 1. The molecule has 0 saturated heterocycles. The van der Waals surface area contributed by atoms with Gasteiger partial charge in [0.1, 0.15) is 10.1 Å². The van der Waals surface area contributed by atoms with Gasteiger partial charge in [-0.3, -0.25) is 0 Å². The molecule has 21 heavy (non-hydrogen) atoms. The maximum absolute atomic E-state index is 10.7. The van der Waals surface area contributed by atoms with Gasteiger partial charge in [-0.1, -0.05) is 17.8 Å². The lowest BCUT2D eigenvalue weighted by Gasteiger charge is -2.08. The summed E-state index contributed by atoms with van der Waals surface area (Å²) in [5.41, 5.74) is 2.91. The largest absolute Gasteiger partial charge is 0.497 e. The molecule has 0 atom stereocenters. The number of aryl methyl sites for hydroxylation is 1. The van der Waals surface area contributed by atoms with Crippen molar-refractivity contribution < 1.29 is 14.6 Å². The van der Waals surface area contributed by atoms with Gasteiger partial charge in [0.2, 0.25) is 0 Å². The summed E-state index contributed by atoms with van der Waals surface area (Å²) >= 11 is 3.24. The van der Waals surface area contributed by atoms with E-state index in [2.05, 4.69) is 4.98 Å². The van der Waals surface area contributed by atoms with Gasteiger partial charge in [-0.25, -0.2) is 9.78 Å². The molecule has 6 heteroatoms. The first-order valence-electron chi connectivity index (χ1n) is 6.21. The van der Waals surface area contributed by atoms with Crippen LogP contribution in [0.5, 0.6) is 5.75 Å². The van der Waals surface area contributed by atoms with Crippen LogP contribution in [0, 0.1) is 6.92 Å². The molecule has 0 unspecified atom stereocenters. The Balaban J connectivity index is 2.19. The van der Waals surface area contributed by atoms with Crippen molar-refractivity contribution >= 4 is 35.1 Å². The van der Waals surface area contributed by atoms with Crippen LogP contribution in [0.1, 0.15) is 16.8 Å². The Bertz CT molecular complexity index is 665. The highest BCUT2D eigenvalue weighted by Gasteiger charge is 2.06. The van der Waals surface area contributed by atoms with Crippen LogP contribution in [0.4, 0.5) is 0 Å². The molecular formula is C15H15NO3S2. The Hall–Kier alpha value is -1.79. The summed E-state index contributed by atoms with van der Waals surface area (Å²) in [4.78, 5) is 15.1. The molecule has 1 aromatic carbocycles. The van der Waals surface area contributed by atoms with E-state index in [4.69, 9.17) is 9.84 Å². The minimum atomic E-state index is -0.958. The van der Waals surface area contributed by atoms with Crippen LogP contribution in [-0.2, 0) is 10.5 Å². The standard InChI is InChI=1S/C15H15NO3S2/c1-10-8-20-15(16-10)21-9-12-7-13(19-2)5-3-11(12)4-6-14(17)18/h3-8H,9H2,1-2H3,(H,17,18).